The first-order chi connectivity index (χ1) is 4.27. The molecule has 3 heteroatoms. The molecule has 0 aliphatic heterocycles. The van der Waals surface area contributed by atoms with Crippen LogP contribution in [0.5, 0.6) is 0 Å². The topological polar surface area (TPSA) is 63.3 Å². The Morgan fingerprint density at radius 2 is 2.33 bits per heavy atom. The first-order valence-electron chi connectivity index (χ1n) is 2.87. The summed E-state index contributed by atoms with van der Waals surface area (Å²) >= 11 is 0. The number of hydrogen-bond acceptors (Lipinski definition) is 2. The average Bonchev–Trinajstić information content (AvgIpc) is 1.80. The van der Waals surface area contributed by atoms with Gasteiger partial charge in [-0.25, -0.2) is 4.79 Å². The van der Waals surface area contributed by atoms with E-state index in [-0.39, 0.29) is 0 Å². The number of rotatable bonds is 4. The molecule has 0 fully saturated rings. The number of allylic oxidation sites excluding steroid dienone is 1. The van der Waals surface area contributed by atoms with E-state index in [2.05, 4.69) is 0 Å². The van der Waals surface area contributed by atoms with Gasteiger partial charge in [-0.1, -0.05) is 6.08 Å². The highest BCUT2D eigenvalue weighted by Gasteiger charge is 1.83. The molecule has 3 N–H and O–H groups in total. The fourth-order valence-corrected chi connectivity index (χ4v) is 0.420. The molecule has 0 amide bonds. The monoisotopic (exact) mass is 129 g/mol. The van der Waals surface area contributed by atoms with Crippen LogP contribution in [0.25, 0.3) is 0 Å². The maximum absolute atomic E-state index is 9.84. The van der Waals surface area contributed by atoms with Crippen molar-refractivity contribution < 1.29 is 9.90 Å². The van der Waals surface area contributed by atoms with Crippen LogP contribution < -0.4 is 5.73 Å². The summed E-state index contributed by atoms with van der Waals surface area (Å²) in [4.78, 5) is 9.84. The van der Waals surface area contributed by atoms with Gasteiger partial charge >= 0.3 is 5.97 Å². The van der Waals surface area contributed by atoms with E-state index in [9.17, 15) is 4.79 Å². The van der Waals surface area contributed by atoms with E-state index in [4.69, 9.17) is 10.8 Å². The van der Waals surface area contributed by atoms with Gasteiger partial charge in [0, 0.05) is 6.08 Å². The summed E-state index contributed by atoms with van der Waals surface area (Å²) in [5, 5.41) is 8.09. The van der Waals surface area contributed by atoms with Crippen molar-refractivity contribution >= 4 is 5.97 Å². The molecule has 0 aliphatic carbocycles. The predicted octanol–water partition coefficient (Wildman–Crippen LogP) is 0.366. The molecule has 52 valence electrons. The third-order valence-corrected chi connectivity index (χ3v) is 0.835. The van der Waals surface area contributed by atoms with Gasteiger partial charge in [0.2, 0.25) is 0 Å². The number of hydrogen-bond donors (Lipinski definition) is 2. The number of unbranched alkanes of at least 4 members (excludes halogenated alkanes) is 1. The van der Waals surface area contributed by atoms with Crippen LogP contribution in [0, 0.1) is 0 Å². The Morgan fingerprint density at radius 1 is 1.67 bits per heavy atom. The van der Waals surface area contributed by atoms with E-state index in [1.807, 2.05) is 0 Å². The molecule has 0 spiro atoms. The van der Waals surface area contributed by atoms with E-state index in [0.29, 0.717) is 6.54 Å². The van der Waals surface area contributed by atoms with E-state index >= 15 is 0 Å². The Bertz CT molecular complexity index is 110. The lowest BCUT2D eigenvalue weighted by Crippen LogP contribution is -1.96. The van der Waals surface area contributed by atoms with Crippen molar-refractivity contribution in [3.8, 4) is 0 Å². The Morgan fingerprint density at radius 3 is 2.78 bits per heavy atom. The van der Waals surface area contributed by atoms with Gasteiger partial charge in [0.15, 0.2) is 0 Å². The largest absolute Gasteiger partial charge is 0.478 e. The highest BCUT2D eigenvalue weighted by molar-refractivity contribution is 5.79. The van der Waals surface area contributed by atoms with Crippen molar-refractivity contribution in [2.75, 3.05) is 6.54 Å². The molecule has 0 aliphatic rings. The number of carbonyl (C=O) groups is 1. The minimum Gasteiger partial charge on any atom is -0.478 e. The number of carboxylic acids is 1. The van der Waals surface area contributed by atoms with Crippen LogP contribution in [0.3, 0.4) is 0 Å². The fraction of sp³-hybridized carbons (Fsp3) is 0.500. The molecular weight excluding hydrogens is 118 g/mol. The third-order valence-electron chi connectivity index (χ3n) is 0.835. The lowest BCUT2D eigenvalue weighted by atomic mass is 10.3. The quantitative estimate of drug-likeness (QED) is 0.425. The Hall–Kier alpha value is -0.830. The van der Waals surface area contributed by atoms with Gasteiger partial charge < -0.3 is 10.8 Å². The molecular formula is C6H11NO2. The summed E-state index contributed by atoms with van der Waals surface area (Å²) in [6.45, 7) is 0.615. The zero-order chi connectivity index (χ0) is 7.11. The second-order valence-corrected chi connectivity index (χ2v) is 1.67. The maximum Gasteiger partial charge on any atom is 0.327 e. The average molecular weight is 129 g/mol. The van der Waals surface area contributed by atoms with E-state index < -0.39 is 5.97 Å². The van der Waals surface area contributed by atoms with Crippen molar-refractivity contribution in [3.63, 3.8) is 0 Å². The van der Waals surface area contributed by atoms with E-state index in [1.54, 1.807) is 6.08 Å². The Balaban J connectivity index is 3.15. The molecule has 0 atom stereocenters. The molecule has 0 unspecified atom stereocenters. The summed E-state index contributed by atoms with van der Waals surface area (Å²) in [5.74, 6) is -0.896. The Labute approximate surface area is 54.2 Å². The van der Waals surface area contributed by atoms with Crippen molar-refractivity contribution in [1.82, 2.24) is 0 Å². The van der Waals surface area contributed by atoms with Crippen LogP contribution in [0.15, 0.2) is 12.2 Å². The second-order valence-electron chi connectivity index (χ2n) is 1.67. The molecule has 0 saturated carbocycles. The van der Waals surface area contributed by atoms with Crippen molar-refractivity contribution in [2.45, 2.75) is 12.8 Å². The van der Waals surface area contributed by atoms with Gasteiger partial charge in [-0.3, -0.25) is 0 Å². The maximum atomic E-state index is 9.84. The zero-order valence-electron chi connectivity index (χ0n) is 5.21. The summed E-state index contributed by atoms with van der Waals surface area (Å²) in [7, 11) is 0. The molecule has 0 heterocycles. The van der Waals surface area contributed by atoms with E-state index in [1.165, 1.54) is 0 Å². The molecule has 0 saturated heterocycles. The van der Waals surface area contributed by atoms with Gasteiger partial charge in [0.05, 0.1) is 0 Å². The standard InChI is InChI=1S/C6H11NO2/c7-5-3-1-2-4-6(8)9/h2,4H,1,3,5,7H2,(H,8,9)/b4-2-. The number of nitrogens with two attached hydrogens (primary N) is 1. The van der Waals surface area contributed by atoms with Gasteiger partial charge in [-0.15, -0.1) is 0 Å². The van der Waals surface area contributed by atoms with Crippen molar-refractivity contribution in [3.05, 3.63) is 12.2 Å². The van der Waals surface area contributed by atoms with Crippen LogP contribution in [0.1, 0.15) is 12.8 Å². The van der Waals surface area contributed by atoms with Gasteiger partial charge in [0.25, 0.3) is 0 Å². The van der Waals surface area contributed by atoms with Crippen LogP contribution in [-0.4, -0.2) is 17.6 Å². The first kappa shape index (κ1) is 8.17. The Kier molecular flexibility index (Phi) is 4.82. The van der Waals surface area contributed by atoms with Crippen LogP contribution in [-0.2, 0) is 4.79 Å². The number of carboxylic acid groups (broad SMARTS) is 1. The molecule has 0 aromatic carbocycles. The van der Waals surface area contributed by atoms with Crippen LogP contribution in [0.4, 0.5) is 0 Å². The van der Waals surface area contributed by atoms with E-state index in [0.717, 1.165) is 18.9 Å². The van der Waals surface area contributed by atoms with Gasteiger partial charge in [0.1, 0.15) is 0 Å². The normalized spacial score (nSPS) is 10.3. The first-order valence-corrected chi connectivity index (χ1v) is 2.87. The lowest BCUT2D eigenvalue weighted by molar-refractivity contribution is -0.131. The van der Waals surface area contributed by atoms with Crippen molar-refractivity contribution in [2.24, 2.45) is 5.73 Å². The van der Waals surface area contributed by atoms with Gasteiger partial charge in [-0.2, -0.15) is 0 Å². The van der Waals surface area contributed by atoms with Gasteiger partial charge in [-0.05, 0) is 19.4 Å². The highest BCUT2D eigenvalue weighted by atomic mass is 16.4. The number of aliphatic carboxylic acids is 1. The fourth-order valence-electron chi connectivity index (χ4n) is 0.420. The summed E-state index contributed by atoms with van der Waals surface area (Å²) < 4.78 is 0. The smallest absolute Gasteiger partial charge is 0.327 e. The molecule has 0 rings (SSSR count). The zero-order valence-corrected chi connectivity index (χ0v) is 5.21. The lowest BCUT2D eigenvalue weighted by Gasteiger charge is -1.85. The molecule has 0 aromatic rings. The summed E-state index contributed by atoms with van der Waals surface area (Å²) in [6.07, 6.45) is 4.34. The van der Waals surface area contributed by atoms with Crippen LogP contribution >= 0.6 is 0 Å². The van der Waals surface area contributed by atoms with Crippen LogP contribution in [0.2, 0.25) is 0 Å². The molecule has 0 radical (unpaired) electrons. The minimum absolute atomic E-state index is 0.615. The SMILES string of the molecule is NCCC/C=C\C(=O)O. The molecule has 9 heavy (non-hydrogen) atoms. The summed E-state index contributed by atoms with van der Waals surface area (Å²) in [6, 6.07) is 0. The summed E-state index contributed by atoms with van der Waals surface area (Å²) in [5.41, 5.74) is 5.16. The van der Waals surface area contributed by atoms with Crippen molar-refractivity contribution in [1.29, 1.82) is 0 Å². The third kappa shape index (κ3) is 7.17. The minimum atomic E-state index is -0.896. The predicted molar refractivity (Wildman–Crippen MR) is 35.1 cm³/mol. The molecule has 3 nitrogen and oxygen atoms in total. The highest BCUT2D eigenvalue weighted by Crippen LogP contribution is 1.86. The second kappa shape index (κ2) is 5.31. The molecule has 0 aromatic heterocycles. The molecule has 0 bridgehead atoms.